The second-order valence-corrected chi connectivity index (χ2v) is 10.8. The molecule has 5 nitrogen and oxygen atoms in total. The number of amides is 1. The van der Waals surface area contributed by atoms with Crippen molar-refractivity contribution in [2.45, 2.75) is 57.9 Å². The van der Waals surface area contributed by atoms with E-state index in [1.165, 1.54) is 24.0 Å². The fourth-order valence-electron chi connectivity index (χ4n) is 6.40. The van der Waals surface area contributed by atoms with E-state index in [0.29, 0.717) is 17.4 Å². The minimum absolute atomic E-state index is 0.0833. The van der Waals surface area contributed by atoms with Gasteiger partial charge in [-0.15, -0.1) is 0 Å². The van der Waals surface area contributed by atoms with Crippen LogP contribution in [0.3, 0.4) is 0 Å². The highest BCUT2D eigenvalue weighted by Gasteiger charge is 2.40. The van der Waals surface area contributed by atoms with Gasteiger partial charge < -0.3 is 4.90 Å². The average Bonchev–Trinajstić information content (AvgIpc) is 2.91. The number of aromatic nitrogens is 2. The number of aryl methyl sites for hydroxylation is 2. The van der Waals surface area contributed by atoms with Crippen LogP contribution in [-0.2, 0) is 0 Å². The largest absolute Gasteiger partial charge is 0.338 e. The summed E-state index contributed by atoms with van der Waals surface area (Å²) in [6, 6.07) is 22.1. The Hall–Kier alpha value is -3.05. The van der Waals surface area contributed by atoms with Crippen molar-refractivity contribution in [2.24, 2.45) is 5.92 Å². The Labute approximate surface area is 215 Å². The third-order valence-electron chi connectivity index (χ3n) is 8.66. The Morgan fingerprint density at radius 3 is 1.83 bits per heavy atom. The zero-order valence-electron chi connectivity index (χ0n) is 21.9. The van der Waals surface area contributed by atoms with Gasteiger partial charge in [0, 0.05) is 24.5 Å². The molecule has 0 saturated carbocycles. The highest BCUT2D eigenvalue weighted by Crippen LogP contribution is 2.40. The summed E-state index contributed by atoms with van der Waals surface area (Å²) in [6.45, 7) is 10.0. The first-order valence-electron chi connectivity index (χ1n) is 13.4. The Balaban J connectivity index is 1.24. The Morgan fingerprint density at radius 1 is 0.833 bits per heavy atom. The highest BCUT2D eigenvalue weighted by molar-refractivity contribution is 5.96. The van der Waals surface area contributed by atoms with Crippen molar-refractivity contribution >= 4 is 5.91 Å². The number of likely N-dealkylation sites (tertiary alicyclic amines) is 2. The van der Waals surface area contributed by atoms with Gasteiger partial charge in [-0.3, -0.25) is 9.69 Å². The number of rotatable bonds is 5. The standard InChI is InChI=1S/C31H38N4O/c1-23-28(24(2)33-22-32-23)30(36)34-20-16-31(3,17-21-34)35-18-14-27(15-19-35)29(25-10-6-4-7-11-25)26-12-8-5-9-13-26/h4-13,22,27,29H,14-21H2,1-3H3. The predicted octanol–water partition coefficient (Wildman–Crippen LogP) is 5.63. The third kappa shape index (κ3) is 4.94. The topological polar surface area (TPSA) is 49.3 Å². The SMILES string of the molecule is Cc1ncnc(C)c1C(=O)N1CCC(C)(N2CCC(C(c3ccccc3)c3ccccc3)CC2)CC1. The molecule has 5 rings (SSSR count). The normalized spacial score (nSPS) is 18.9. The maximum Gasteiger partial charge on any atom is 0.257 e. The molecule has 1 aromatic heterocycles. The van der Waals surface area contributed by atoms with Gasteiger partial charge in [0.1, 0.15) is 6.33 Å². The van der Waals surface area contributed by atoms with E-state index >= 15 is 0 Å². The van der Waals surface area contributed by atoms with E-state index in [1.807, 2.05) is 18.7 Å². The van der Waals surface area contributed by atoms with Crippen LogP contribution in [0.4, 0.5) is 0 Å². The zero-order chi connectivity index (χ0) is 25.1. The lowest BCUT2D eigenvalue weighted by molar-refractivity contribution is 0.0100. The first kappa shape index (κ1) is 24.6. The maximum atomic E-state index is 13.2. The predicted molar refractivity (Wildman–Crippen MR) is 144 cm³/mol. The van der Waals surface area contributed by atoms with Gasteiger partial charge in [0.15, 0.2) is 0 Å². The first-order chi connectivity index (χ1) is 17.5. The van der Waals surface area contributed by atoms with Crippen LogP contribution < -0.4 is 0 Å². The van der Waals surface area contributed by atoms with E-state index in [0.717, 1.165) is 50.4 Å². The molecule has 0 radical (unpaired) electrons. The van der Waals surface area contributed by atoms with Crippen LogP contribution >= 0.6 is 0 Å². The minimum Gasteiger partial charge on any atom is -0.338 e. The number of nitrogens with zero attached hydrogens (tertiary/aromatic N) is 4. The maximum absolute atomic E-state index is 13.2. The molecule has 0 aliphatic carbocycles. The molecule has 0 unspecified atom stereocenters. The lowest BCUT2D eigenvalue weighted by Crippen LogP contribution is -2.56. The molecule has 1 amide bonds. The smallest absolute Gasteiger partial charge is 0.257 e. The molecule has 36 heavy (non-hydrogen) atoms. The summed E-state index contributed by atoms with van der Waals surface area (Å²) in [5.74, 6) is 1.17. The summed E-state index contributed by atoms with van der Waals surface area (Å²) >= 11 is 0. The lowest BCUT2D eigenvalue weighted by atomic mass is 9.75. The zero-order valence-corrected chi connectivity index (χ0v) is 21.9. The summed E-state index contributed by atoms with van der Waals surface area (Å²) in [5, 5.41) is 0. The quantitative estimate of drug-likeness (QED) is 0.473. The van der Waals surface area contributed by atoms with Gasteiger partial charge in [-0.2, -0.15) is 0 Å². The molecule has 188 valence electrons. The van der Waals surface area contributed by atoms with Crippen molar-refractivity contribution in [3.8, 4) is 0 Å². The van der Waals surface area contributed by atoms with Gasteiger partial charge in [-0.05, 0) is 76.6 Å². The molecule has 0 N–H and O–H groups in total. The molecule has 0 atom stereocenters. The lowest BCUT2D eigenvalue weighted by Gasteiger charge is -2.50. The Bertz CT molecular complexity index is 1100. The van der Waals surface area contributed by atoms with E-state index in [4.69, 9.17) is 0 Å². The number of carbonyl (C=O) groups is 1. The van der Waals surface area contributed by atoms with Crippen LogP contribution in [0, 0.1) is 19.8 Å². The second-order valence-electron chi connectivity index (χ2n) is 10.8. The van der Waals surface area contributed by atoms with Gasteiger partial charge in [-0.25, -0.2) is 9.97 Å². The number of benzene rings is 2. The molecular weight excluding hydrogens is 444 g/mol. The van der Waals surface area contributed by atoms with Crippen molar-refractivity contribution in [3.63, 3.8) is 0 Å². The van der Waals surface area contributed by atoms with Crippen molar-refractivity contribution < 1.29 is 4.79 Å². The summed E-state index contributed by atoms with van der Waals surface area (Å²) in [4.78, 5) is 26.5. The van der Waals surface area contributed by atoms with Crippen LogP contribution in [0.15, 0.2) is 67.0 Å². The van der Waals surface area contributed by atoms with Crippen LogP contribution in [0.25, 0.3) is 0 Å². The minimum atomic E-state index is 0.0833. The van der Waals surface area contributed by atoms with Crippen molar-refractivity contribution in [1.82, 2.24) is 19.8 Å². The molecule has 2 aliphatic heterocycles. The van der Waals surface area contributed by atoms with Gasteiger partial charge >= 0.3 is 0 Å². The molecule has 2 aliphatic rings. The van der Waals surface area contributed by atoms with E-state index < -0.39 is 0 Å². The highest BCUT2D eigenvalue weighted by atomic mass is 16.2. The van der Waals surface area contributed by atoms with E-state index in [-0.39, 0.29) is 11.4 Å². The van der Waals surface area contributed by atoms with Crippen molar-refractivity contribution in [1.29, 1.82) is 0 Å². The number of hydrogen-bond donors (Lipinski definition) is 0. The van der Waals surface area contributed by atoms with Gasteiger partial charge in [0.2, 0.25) is 0 Å². The summed E-state index contributed by atoms with van der Waals surface area (Å²) in [5.41, 5.74) is 5.22. The summed E-state index contributed by atoms with van der Waals surface area (Å²) in [6.07, 6.45) is 5.96. The van der Waals surface area contributed by atoms with Gasteiger partial charge in [0.25, 0.3) is 5.91 Å². The van der Waals surface area contributed by atoms with Crippen molar-refractivity contribution in [3.05, 3.63) is 95.1 Å². The Kier molecular flexibility index (Phi) is 7.20. The molecule has 2 aromatic carbocycles. The van der Waals surface area contributed by atoms with Gasteiger partial charge in [-0.1, -0.05) is 60.7 Å². The third-order valence-corrected chi connectivity index (χ3v) is 8.66. The van der Waals surface area contributed by atoms with Crippen LogP contribution in [0.5, 0.6) is 0 Å². The van der Waals surface area contributed by atoms with Crippen molar-refractivity contribution in [2.75, 3.05) is 26.2 Å². The monoisotopic (exact) mass is 482 g/mol. The average molecular weight is 483 g/mol. The second kappa shape index (κ2) is 10.5. The summed E-state index contributed by atoms with van der Waals surface area (Å²) in [7, 11) is 0. The first-order valence-corrected chi connectivity index (χ1v) is 13.4. The fraction of sp³-hybridized carbons (Fsp3) is 0.452. The molecule has 2 fully saturated rings. The molecule has 3 heterocycles. The number of hydrogen-bond acceptors (Lipinski definition) is 4. The van der Waals surface area contributed by atoms with E-state index in [9.17, 15) is 4.79 Å². The molecule has 0 bridgehead atoms. The molecule has 2 saturated heterocycles. The Morgan fingerprint density at radius 2 is 1.33 bits per heavy atom. The molecular formula is C31H38N4O. The number of piperidine rings is 2. The van der Waals surface area contributed by atoms with Gasteiger partial charge in [0.05, 0.1) is 17.0 Å². The molecule has 0 spiro atoms. The van der Waals surface area contributed by atoms with E-state index in [1.54, 1.807) is 6.33 Å². The van der Waals surface area contributed by atoms with E-state index in [2.05, 4.69) is 82.5 Å². The fourth-order valence-corrected chi connectivity index (χ4v) is 6.40. The molecule has 3 aromatic rings. The molecule has 5 heteroatoms. The van der Waals surface area contributed by atoms with Crippen LogP contribution in [-0.4, -0.2) is 57.4 Å². The summed E-state index contributed by atoms with van der Waals surface area (Å²) < 4.78 is 0. The number of carbonyl (C=O) groups excluding carboxylic acids is 1. The van der Waals surface area contributed by atoms with Crippen LogP contribution in [0.1, 0.15) is 71.4 Å². The van der Waals surface area contributed by atoms with Crippen LogP contribution in [0.2, 0.25) is 0 Å².